The minimum atomic E-state index is -0.147. The average molecular weight is 274 g/mol. The van der Waals surface area contributed by atoms with Gasteiger partial charge in [0, 0.05) is 17.6 Å². The minimum Gasteiger partial charge on any atom is -0.399 e. The molecule has 1 heterocycles. The predicted molar refractivity (Wildman–Crippen MR) is 81.5 cm³/mol. The highest BCUT2D eigenvalue weighted by atomic mass is 16.1. The van der Waals surface area contributed by atoms with Gasteiger partial charge in [0.15, 0.2) is 5.69 Å². The highest BCUT2D eigenvalue weighted by molar-refractivity contribution is 6.05. The molecule has 0 bridgehead atoms. The zero-order valence-electron chi connectivity index (χ0n) is 12.1. The first-order valence-corrected chi connectivity index (χ1v) is 7.09. The number of nitrogens with zero attached hydrogens (tertiary/aromatic N) is 1. The summed E-state index contributed by atoms with van der Waals surface area (Å²) in [7, 11) is 0. The topological polar surface area (TPSA) is 83.8 Å². The van der Waals surface area contributed by atoms with Crippen LogP contribution in [0.5, 0.6) is 0 Å². The Morgan fingerprint density at radius 3 is 2.95 bits per heavy atom. The Labute approximate surface area is 118 Å². The molecule has 0 atom stereocenters. The highest BCUT2D eigenvalue weighted by Crippen LogP contribution is 2.18. The quantitative estimate of drug-likeness (QED) is 0.559. The van der Waals surface area contributed by atoms with E-state index in [1.807, 2.05) is 6.07 Å². The van der Waals surface area contributed by atoms with Crippen LogP contribution in [-0.2, 0) is 0 Å². The van der Waals surface area contributed by atoms with Crippen LogP contribution in [0.25, 0.3) is 10.9 Å². The number of nitrogen functional groups attached to an aromatic ring is 1. The van der Waals surface area contributed by atoms with Gasteiger partial charge >= 0.3 is 0 Å². The maximum atomic E-state index is 12.1. The number of carbonyl (C=O) groups excluding carboxylic acids is 1. The standard InChI is InChI=1S/C15H22N4O/c1-10(2)5-3-4-8-17-15(20)14-12-9-11(16)6-7-13(12)18-19-14/h6-7,9-10H,3-5,8,16H2,1-2H3,(H,17,20)(H,18,19). The Bertz CT molecular complexity index is 589. The van der Waals surface area contributed by atoms with Crippen molar-refractivity contribution >= 4 is 22.5 Å². The van der Waals surface area contributed by atoms with Crippen LogP contribution in [0.2, 0.25) is 0 Å². The zero-order valence-corrected chi connectivity index (χ0v) is 12.1. The van der Waals surface area contributed by atoms with Gasteiger partial charge in [-0.1, -0.05) is 26.7 Å². The van der Waals surface area contributed by atoms with Crippen LogP contribution in [0.4, 0.5) is 5.69 Å². The van der Waals surface area contributed by atoms with Gasteiger partial charge in [-0.15, -0.1) is 0 Å². The van der Waals surface area contributed by atoms with Gasteiger partial charge < -0.3 is 11.1 Å². The number of benzene rings is 1. The van der Waals surface area contributed by atoms with E-state index in [0.29, 0.717) is 23.8 Å². The summed E-state index contributed by atoms with van der Waals surface area (Å²) in [4.78, 5) is 12.1. The Morgan fingerprint density at radius 1 is 1.40 bits per heavy atom. The predicted octanol–water partition coefficient (Wildman–Crippen LogP) is 2.70. The number of unbranched alkanes of at least 4 members (excludes halogenated alkanes) is 1. The van der Waals surface area contributed by atoms with Crippen molar-refractivity contribution < 1.29 is 4.79 Å². The molecule has 2 rings (SSSR count). The Balaban J connectivity index is 1.93. The lowest BCUT2D eigenvalue weighted by Gasteiger charge is -2.05. The fourth-order valence-corrected chi connectivity index (χ4v) is 2.17. The van der Waals surface area contributed by atoms with E-state index in [2.05, 4.69) is 29.4 Å². The molecule has 5 nitrogen and oxygen atoms in total. The number of hydrogen-bond donors (Lipinski definition) is 3. The molecule has 1 amide bonds. The number of amides is 1. The first-order valence-electron chi connectivity index (χ1n) is 7.09. The van der Waals surface area contributed by atoms with Gasteiger partial charge in [0.1, 0.15) is 0 Å². The maximum absolute atomic E-state index is 12.1. The second kappa shape index (κ2) is 6.41. The number of hydrogen-bond acceptors (Lipinski definition) is 3. The molecular formula is C15H22N4O. The number of H-pyrrole nitrogens is 1. The van der Waals surface area contributed by atoms with Crippen LogP contribution in [0.1, 0.15) is 43.6 Å². The summed E-state index contributed by atoms with van der Waals surface area (Å²) in [5.41, 5.74) is 7.61. The van der Waals surface area contributed by atoms with E-state index in [1.54, 1.807) is 12.1 Å². The van der Waals surface area contributed by atoms with Crippen LogP contribution in [0.3, 0.4) is 0 Å². The molecular weight excluding hydrogens is 252 g/mol. The zero-order chi connectivity index (χ0) is 14.5. The lowest BCUT2D eigenvalue weighted by atomic mass is 10.1. The van der Waals surface area contributed by atoms with Crippen molar-refractivity contribution in [3.63, 3.8) is 0 Å². The fraction of sp³-hybridized carbons (Fsp3) is 0.467. The molecule has 2 aromatic rings. The summed E-state index contributed by atoms with van der Waals surface area (Å²) >= 11 is 0. The van der Waals surface area contributed by atoms with Crippen LogP contribution < -0.4 is 11.1 Å². The molecule has 4 N–H and O–H groups in total. The number of rotatable bonds is 6. The van der Waals surface area contributed by atoms with Crippen molar-refractivity contribution in [2.24, 2.45) is 5.92 Å². The minimum absolute atomic E-state index is 0.147. The second-order valence-corrected chi connectivity index (χ2v) is 5.52. The molecule has 0 spiro atoms. The molecule has 1 aromatic carbocycles. The number of aromatic amines is 1. The molecule has 1 aromatic heterocycles. The largest absolute Gasteiger partial charge is 0.399 e. The van der Waals surface area contributed by atoms with Crippen molar-refractivity contribution in [1.29, 1.82) is 0 Å². The monoisotopic (exact) mass is 274 g/mol. The first kappa shape index (κ1) is 14.4. The summed E-state index contributed by atoms with van der Waals surface area (Å²) in [5, 5.41) is 10.6. The molecule has 0 saturated carbocycles. The van der Waals surface area contributed by atoms with Crippen LogP contribution in [0, 0.1) is 5.92 Å². The Morgan fingerprint density at radius 2 is 2.20 bits per heavy atom. The van der Waals surface area contributed by atoms with E-state index in [9.17, 15) is 4.79 Å². The van der Waals surface area contributed by atoms with E-state index >= 15 is 0 Å². The van der Waals surface area contributed by atoms with E-state index in [4.69, 9.17) is 5.73 Å². The molecule has 0 aliphatic heterocycles. The van der Waals surface area contributed by atoms with Gasteiger partial charge in [0.25, 0.3) is 5.91 Å². The SMILES string of the molecule is CC(C)CCCCNC(=O)c1n[nH]c2ccc(N)cc12. The molecule has 5 heteroatoms. The van der Waals surface area contributed by atoms with Gasteiger partial charge in [-0.3, -0.25) is 9.89 Å². The van der Waals surface area contributed by atoms with Crippen LogP contribution in [0.15, 0.2) is 18.2 Å². The van der Waals surface area contributed by atoms with Crippen molar-refractivity contribution in [3.8, 4) is 0 Å². The third-order valence-corrected chi connectivity index (χ3v) is 3.30. The van der Waals surface area contributed by atoms with Crippen LogP contribution >= 0.6 is 0 Å². The Kier molecular flexibility index (Phi) is 4.61. The van der Waals surface area contributed by atoms with Crippen molar-refractivity contribution in [3.05, 3.63) is 23.9 Å². The number of fused-ring (bicyclic) bond motifs is 1. The summed E-state index contributed by atoms with van der Waals surface area (Å²) in [6.07, 6.45) is 3.32. The molecule has 0 aliphatic carbocycles. The lowest BCUT2D eigenvalue weighted by Crippen LogP contribution is -2.25. The van der Waals surface area contributed by atoms with Crippen LogP contribution in [-0.4, -0.2) is 22.6 Å². The molecule has 108 valence electrons. The molecule has 0 fully saturated rings. The van der Waals surface area contributed by atoms with E-state index in [1.165, 1.54) is 6.42 Å². The molecule has 0 unspecified atom stereocenters. The molecule has 0 radical (unpaired) electrons. The summed E-state index contributed by atoms with van der Waals surface area (Å²) in [6, 6.07) is 5.39. The number of anilines is 1. The third-order valence-electron chi connectivity index (χ3n) is 3.30. The number of aromatic nitrogens is 2. The second-order valence-electron chi connectivity index (χ2n) is 5.52. The average Bonchev–Trinajstić information content (AvgIpc) is 2.80. The normalized spacial score (nSPS) is 11.2. The van der Waals surface area contributed by atoms with Gasteiger partial charge in [-0.05, 0) is 30.5 Å². The summed E-state index contributed by atoms with van der Waals surface area (Å²) in [5.74, 6) is 0.565. The maximum Gasteiger partial charge on any atom is 0.272 e. The van der Waals surface area contributed by atoms with Crippen molar-refractivity contribution in [1.82, 2.24) is 15.5 Å². The highest BCUT2D eigenvalue weighted by Gasteiger charge is 2.13. The van der Waals surface area contributed by atoms with E-state index < -0.39 is 0 Å². The first-order chi connectivity index (χ1) is 9.58. The van der Waals surface area contributed by atoms with Gasteiger partial charge in [0.2, 0.25) is 0 Å². The number of nitrogens with two attached hydrogens (primary N) is 1. The van der Waals surface area contributed by atoms with Gasteiger partial charge in [-0.25, -0.2) is 0 Å². The van der Waals surface area contributed by atoms with Crippen molar-refractivity contribution in [2.75, 3.05) is 12.3 Å². The van der Waals surface area contributed by atoms with E-state index in [-0.39, 0.29) is 5.91 Å². The van der Waals surface area contributed by atoms with Crippen molar-refractivity contribution in [2.45, 2.75) is 33.1 Å². The summed E-state index contributed by atoms with van der Waals surface area (Å²) < 4.78 is 0. The molecule has 0 aliphatic rings. The Hall–Kier alpha value is -2.04. The third kappa shape index (κ3) is 3.50. The lowest BCUT2D eigenvalue weighted by molar-refractivity contribution is 0.0949. The van der Waals surface area contributed by atoms with Gasteiger partial charge in [-0.2, -0.15) is 5.10 Å². The molecule has 0 saturated heterocycles. The van der Waals surface area contributed by atoms with Gasteiger partial charge in [0.05, 0.1) is 5.52 Å². The summed E-state index contributed by atoms with van der Waals surface area (Å²) in [6.45, 7) is 5.10. The number of carbonyl (C=O) groups is 1. The van der Waals surface area contributed by atoms with E-state index in [0.717, 1.165) is 23.7 Å². The molecule has 20 heavy (non-hydrogen) atoms. The fourth-order valence-electron chi connectivity index (χ4n) is 2.17. The smallest absolute Gasteiger partial charge is 0.272 e. The number of nitrogens with one attached hydrogen (secondary N) is 2.